The minimum Gasteiger partial charge on any atom is -0.493 e. The first-order valence-electron chi connectivity index (χ1n) is 9.58. The fourth-order valence-electron chi connectivity index (χ4n) is 3.46. The Labute approximate surface area is 163 Å². The van der Waals surface area contributed by atoms with Crippen LogP contribution in [0.3, 0.4) is 0 Å². The SMILES string of the molecule is CCCOc1ccccc1[C@@H]1SCC(=O)Nc2c1c(=O)[nH]n2C(CC)CC. The minimum absolute atomic E-state index is 0.0885. The van der Waals surface area contributed by atoms with Gasteiger partial charge in [0.05, 0.1) is 29.2 Å². The van der Waals surface area contributed by atoms with Crippen LogP contribution in [-0.4, -0.2) is 28.0 Å². The number of benzene rings is 1. The van der Waals surface area contributed by atoms with Crippen molar-refractivity contribution in [3.8, 4) is 5.75 Å². The molecule has 0 aliphatic carbocycles. The molecule has 1 amide bonds. The number of para-hydroxylation sites is 1. The third-order valence-corrected chi connectivity index (χ3v) is 6.09. The van der Waals surface area contributed by atoms with Crippen molar-refractivity contribution >= 4 is 23.5 Å². The number of aromatic amines is 1. The van der Waals surface area contributed by atoms with Gasteiger partial charge in [0.25, 0.3) is 5.56 Å². The summed E-state index contributed by atoms with van der Waals surface area (Å²) in [5.74, 6) is 1.57. The third kappa shape index (κ3) is 3.93. The van der Waals surface area contributed by atoms with Crippen LogP contribution in [0.5, 0.6) is 5.75 Å². The zero-order chi connectivity index (χ0) is 19.4. The van der Waals surface area contributed by atoms with E-state index in [9.17, 15) is 9.59 Å². The van der Waals surface area contributed by atoms with Gasteiger partial charge in [-0.3, -0.25) is 19.4 Å². The van der Waals surface area contributed by atoms with Gasteiger partial charge in [-0.05, 0) is 25.3 Å². The molecule has 146 valence electrons. The third-order valence-electron chi connectivity index (χ3n) is 4.83. The molecule has 3 rings (SSSR count). The maximum absolute atomic E-state index is 12.9. The van der Waals surface area contributed by atoms with Gasteiger partial charge in [-0.25, -0.2) is 0 Å². The lowest BCUT2D eigenvalue weighted by molar-refractivity contribution is -0.113. The Bertz CT molecular complexity index is 854. The monoisotopic (exact) mass is 389 g/mol. The molecule has 0 saturated heterocycles. The lowest BCUT2D eigenvalue weighted by atomic mass is 10.0. The molecule has 0 spiro atoms. The Balaban J connectivity index is 2.13. The van der Waals surface area contributed by atoms with Gasteiger partial charge in [0.2, 0.25) is 5.91 Å². The first-order valence-corrected chi connectivity index (χ1v) is 10.6. The number of nitrogens with one attached hydrogen (secondary N) is 2. The highest BCUT2D eigenvalue weighted by molar-refractivity contribution is 8.00. The summed E-state index contributed by atoms with van der Waals surface area (Å²) in [5.41, 5.74) is 1.38. The van der Waals surface area contributed by atoms with Crippen molar-refractivity contribution in [2.75, 3.05) is 17.7 Å². The summed E-state index contributed by atoms with van der Waals surface area (Å²) in [4.78, 5) is 25.3. The van der Waals surface area contributed by atoms with Gasteiger partial charge in [-0.15, -0.1) is 11.8 Å². The molecule has 1 atom stereocenters. The number of fused-ring (bicyclic) bond motifs is 1. The first-order chi connectivity index (χ1) is 13.1. The van der Waals surface area contributed by atoms with Crippen molar-refractivity contribution in [3.63, 3.8) is 0 Å². The van der Waals surface area contributed by atoms with Gasteiger partial charge in [0.15, 0.2) is 0 Å². The molecule has 1 aromatic heterocycles. The van der Waals surface area contributed by atoms with E-state index in [4.69, 9.17) is 4.74 Å². The molecule has 1 aliphatic rings. The van der Waals surface area contributed by atoms with Gasteiger partial charge in [0.1, 0.15) is 11.6 Å². The maximum Gasteiger partial charge on any atom is 0.270 e. The van der Waals surface area contributed by atoms with E-state index < -0.39 is 0 Å². The van der Waals surface area contributed by atoms with Gasteiger partial charge >= 0.3 is 0 Å². The Morgan fingerprint density at radius 2 is 1.96 bits per heavy atom. The summed E-state index contributed by atoms with van der Waals surface area (Å²) in [6, 6.07) is 7.92. The first kappa shape index (κ1) is 19.6. The van der Waals surface area contributed by atoms with Crippen LogP contribution in [-0.2, 0) is 4.79 Å². The predicted octanol–water partition coefficient (Wildman–Crippen LogP) is 4.10. The molecule has 1 aromatic carbocycles. The zero-order valence-corrected chi connectivity index (χ0v) is 16.9. The molecule has 2 heterocycles. The van der Waals surface area contributed by atoms with E-state index in [0.29, 0.717) is 23.7 Å². The number of carbonyl (C=O) groups excluding carboxylic acids is 1. The van der Waals surface area contributed by atoms with Crippen molar-refractivity contribution in [1.82, 2.24) is 9.78 Å². The van der Waals surface area contributed by atoms with E-state index in [1.807, 2.05) is 28.9 Å². The number of H-pyrrole nitrogens is 1. The summed E-state index contributed by atoms with van der Waals surface area (Å²) in [6.07, 6.45) is 2.65. The smallest absolute Gasteiger partial charge is 0.270 e. The second kappa shape index (κ2) is 8.69. The van der Waals surface area contributed by atoms with Crippen LogP contribution in [0.2, 0.25) is 0 Å². The number of carbonyl (C=O) groups is 1. The summed E-state index contributed by atoms with van der Waals surface area (Å²) in [6.45, 7) is 6.84. The van der Waals surface area contributed by atoms with Crippen LogP contribution in [0.15, 0.2) is 29.1 Å². The van der Waals surface area contributed by atoms with Gasteiger partial charge < -0.3 is 10.1 Å². The van der Waals surface area contributed by atoms with E-state index >= 15 is 0 Å². The highest BCUT2D eigenvalue weighted by Gasteiger charge is 2.33. The number of amides is 1. The quantitative estimate of drug-likeness (QED) is 0.747. The number of anilines is 1. The fourth-order valence-corrected chi connectivity index (χ4v) is 4.61. The molecule has 0 radical (unpaired) electrons. The van der Waals surface area contributed by atoms with E-state index in [2.05, 4.69) is 31.2 Å². The van der Waals surface area contributed by atoms with Crippen LogP contribution >= 0.6 is 11.8 Å². The average molecular weight is 390 g/mol. The lowest BCUT2D eigenvalue weighted by Gasteiger charge is -2.19. The number of ether oxygens (including phenoxy) is 1. The molecule has 0 bridgehead atoms. The Hall–Kier alpha value is -2.15. The van der Waals surface area contributed by atoms with Crippen molar-refractivity contribution in [2.45, 2.75) is 51.3 Å². The van der Waals surface area contributed by atoms with Crippen molar-refractivity contribution in [3.05, 3.63) is 45.7 Å². The number of nitrogens with zero attached hydrogens (tertiary/aromatic N) is 1. The molecular formula is C20H27N3O3S. The van der Waals surface area contributed by atoms with Crippen LogP contribution in [0, 0.1) is 0 Å². The average Bonchev–Trinajstić information content (AvgIpc) is 2.87. The molecule has 2 aromatic rings. The number of thioether (sulfide) groups is 1. The fraction of sp³-hybridized carbons (Fsp3) is 0.500. The molecule has 27 heavy (non-hydrogen) atoms. The van der Waals surface area contributed by atoms with Crippen molar-refractivity contribution in [1.29, 1.82) is 0 Å². The number of rotatable bonds is 7. The molecular weight excluding hydrogens is 362 g/mol. The maximum atomic E-state index is 12.9. The van der Waals surface area contributed by atoms with Crippen molar-refractivity contribution in [2.24, 2.45) is 0 Å². The largest absolute Gasteiger partial charge is 0.493 e. The molecule has 7 heteroatoms. The highest BCUT2D eigenvalue weighted by atomic mass is 32.2. The molecule has 0 saturated carbocycles. The number of hydrogen-bond acceptors (Lipinski definition) is 4. The normalized spacial score (nSPS) is 16.7. The van der Waals surface area contributed by atoms with Gasteiger partial charge in [0, 0.05) is 5.56 Å². The molecule has 1 aliphatic heterocycles. The van der Waals surface area contributed by atoms with E-state index in [1.165, 1.54) is 11.8 Å². The topological polar surface area (TPSA) is 76.1 Å². The van der Waals surface area contributed by atoms with Gasteiger partial charge in [-0.2, -0.15) is 0 Å². The summed E-state index contributed by atoms with van der Waals surface area (Å²) in [7, 11) is 0. The van der Waals surface area contributed by atoms with E-state index in [0.717, 1.165) is 30.6 Å². The standard InChI is InChI=1S/C20H27N3O3S/c1-4-11-26-15-10-8-7-9-14(15)18-17-19(21-16(24)12-27-18)23(22-20(17)25)13(5-2)6-3/h7-10,13,18H,4-6,11-12H2,1-3H3,(H,21,24)(H,22,25)/t18-/m0/s1. The van der Waals surface area contributed by atoms with Crippen LogP contribution < -0.4 is 15.6 Å². The van der Waals surface area contributed by atoms with Crippen molar-refractivity contribution < 1.29 is 9.53 Å². The number of aromatic nitrogens is 2. The second-order valence-corrected chi connectivity index (χ2v) is 7.76. The van der Waals surface area contributed by atoms with Crippen LogP contribution in [0.4, 0.5) is 5.82 Å². The van der Waals surface area contributed by atoms with Gasteiger partial charge in [-0.1, -0.05) is 39.0 Å². The molecule has 2 N–H and O–H groups in total. The Morgan fingerprint density at radius 1 is 1.22 bits per heavy atom. The summed E-state index contributed by atoms with van der Waals surface area (Å²) in [5, 5.41) is 5.66. The zero-order valence-electron chi connectivity index (χ0n) is 16.1. The van der Waals surface area contributed by atoms with Crippen LogP contribution in [0.1, 0.15) is 62.5 Å². The molecule has 0 unspecified atom stereocenters. The lowest BCUT2D eigenvalue weighted by Crippen LogP contribution is -2.19. The molecule has 0 fully saturated rings. The van der Waals surface area contributed by atoms with E-state index in [-0.39, 0.29) is 22.8 Å². The van der Waals surface area contributed by atoms with E-state index in [1.54, 1.807) is 0 Å². The predicted molar refractivity (Wildman–Crippen MR) is 110 cm³/mol. The Morgan fingerprint density at radius 3 is 2.67 bits per heavy atom. The number of hydrogen-bond donors (Lipinski definition) is 2. The highest BCUT2D eigenvalue weighted by Crippen LogP contribution is 2.43. The minimum atomic E-state index is -0.258. The molecule has 6 nitrogen and oxygen atoms in total. The van der Waals surface area contributed by atoms with Crippen LogP contribution in [0.25, 0.3) is 0 Å². The summed E-state index contributed by atoms with van der Waals surface area (Å²) >= 11 is 1.46. The summed E-state index contributed by atoms with van der Waals surface area (Å²) < 4.78 is 7.76. The second-order valence-electron chi connectivity index (χ2n) is 6.67. The Kier molecular flexibility index (Phi) is 6.31.